The highest BCUT2D eigenvalue weighted by Crippen LogP contribution is 2.25. The summed E-state index contributed by atoms with van der Waals surface area (Å²) in [5, 5.41) is 7.87. The molecule has 0 saturated heterocycles. The molecule has 0 saturated carbocycles. The molecule has 0 amide bonds. The van der Waals surface area contributed by atoms with Gasteiger partial charge in [0.05, 0.1) is 12.8 Å². The molecule has 22 heavy (non-hydrogen) atoms. The van der Waals surface area contributed by atoms with Gasteiger partial charge in [0.25, 0.3) is 0 Å². The first kappa shape index (κ1) is 16.6. The fourth-order valence-corrected chi connectivity index (χ4v) is 2.20. The van der Waals surface area contributed by atoms with Gasteiger partial charge < -0.3 is 4.42 Å². The molecule has 0 aliphatic carbocycles. The highest BCUT2D eigenvalue weighted by Gasteiger charge is 2.17. The molecule has 1 aromatic carbocycles. The Morgan fingerprint density at radius 3 is 2.23 bits per heavy atom. The minimum absolute atomic E-state index is 0.0614. The maximum absolute atomic E-state index is 11.4. The largest absolute Gasteiger partial charge is 0.419 e. The molecule has 1 aromatic heterocycles. The molecule has 0 aliphatic heterocycles. The Labute approximate surface area is 131 Å². The highest BCUT2D eigenvalue weighted by molar-refractivity contribution is 7.88. The summed E-state index contributed by atoms with van der Waals surface area (Å²) in [5.74, 6) is 0.653. The van der Waals surface area contributed by atoms with Crippen LogP contribution in [0.2, 0.25) is 0 Å². The van der Waals surface area contributed by atoms with E-state index in [4.69, 9.17) is 4.42 Å². The van der Waals surface area contributed by atoms with Gasteiger partial charge in [0.2, 0.25) is 21.8 Å². The number of sulfonamides is 1. The van der Waals surface area contributed by atoms with Gasteiger partial charge in [-0.2, -0.15) is 4.31 Å². The van der Waals surface area contributed by atoms with Crippen LogP contribution >= 0.6 is 0 Å². The van der Waals surface area contributed by atoms with E-state index >= 15 is 0 Å². The molecule has 0 N–H and O–H groups in total. The molecule has 2 rings (SSSR count). The van der Waals surface area contributed by atoms with E-state index in [9.17, 15) is 8.42 Å². The normalized spacial score (nSPS) is 12.8. The van der Waals surface area contributed by atoms with Crippen molar-refractivity contribution in [3.63, 3.8) is 0 Å². The zero-order valence-corrected chi connectivity index (χ0v) is 14.3. The molecule has 1 heterocycles. The SMILES string of the molecule is CN(Cc1nnc(-c2ccc(C(C)(C)C)cc2)o1)S(C)(=O)=O. The summed E-state index contributed by atoms with van der Waals surface area (Å²) in [4.78, 5) is 0. The minimum atomic E-state index is -3.27. The van der Waals surface area contributed by atoms with Crippen molar-refractivity contribution < 1.29 is 12.8 Å². The molecule has 0 spiro atoms. The molecule has 0 fully saturated rings. The molecular formula is C15H21N3O3S. The molecule has 120 valence electrons. The summed E-state index contributed by atoms with van der Waals surface area (Å²) >= 11 is 0. The van der Waals surface area contributed by atoms with Gasteiger partial charge in [0.1, 0.15) is 0 Å². The third-order valence-corrected chi connectivity index (χ3v) is 4.65. The topological polar surface area (TPSA) is 76.3 Å². The second-order valence-corrected chi connectivity index (χ2v) is 8.44. The van der Waals surface area contributed by atoms with Crippen molar-refractivity contribution in [2.24, 2.45) is 0 Å². The Balaban J connectivity index is 2.18. The van der Waals surface area contributed by atoms with Crippen LogP contribution < -0.4 is 0 Å². The van der Waals surface area contributed by atoms with Crippen LogP contribution in [0.4, 0.5) is 0 Å². The molecule has 0 unspecified atom stereocenters. The van der Waals surface area contributed by atoms with Crippen molar-refractivity contribution in [3.8, 4) is 11.5 Å². The van der Waals surface area contributed by atoms with Gasteiger partial charge in [-0.05, 0) is 23.1 Å². The van der Waals surface area contributed by atoms with E-state index in [2.05, 4.69) is 31.0 Å². The van der Waals surface area contributed by atoms with Crippen molar-refractivity contribution in [1.29, 1.82) is 0 Å². The zero-order valence-electron chi connectivity index (χ0n) is 13.5. The summed E-state index contributed by atoms with van der Waals surface area (Å²) < 4.78 is 29.5. The van der Waals surface area contributed by atoms with Crippen molar-refractivity contribution in [3.05, 3.63) is 35.7 Å². The fraction of sp³-hybridized carbons (Fsp3) is 0.467. The van der Waals surface area contributed by atoms with Crippen molar-refractivity contribution >= 4 is 10.0 Å². The monoisotopic (exact) mass is 323 g/mol. The second kappa shape index (κ2) is 5.81. The van der Waals surface area contributed by atoms with Crippen LogP contribution in [0.15, 0.2) is 28.7 Å². The molecule has 0 aliphatic rings. The van der Waals surface area contributed by atoms with E-state index in [1.165, 1.54) is 12.6 Å². The van der Waals surface area contributed by atoms with E-state index in [-0.39, 0.29) is 17.9 Å². The third-order valence-electron chi connectivity index (χ3n) is 3.39. The summed E-state index contributed by atoms with van der Waals surface area (Å²) in [7, 11) is -1.80. The molecule has 6 nitrogen and oxygen atoms in total. The van der Waals surface area contributed by atoms with Crippen molar-refractivity contribution in [2.45, 2.75) is 32.7 Å². The van der Waals surface area contributed by atoms with Gasteiger partial charge in [-0.25, -0.2) is 8.42 Å². The van der Waals surface area contributed by atoms with Crippen LogP contribution in [-0.4, -0.2) is 36.2 Å². The number of rotatable bonds is 4. The summed E-state index contributed by atoms with van der Waals surface area (Å²) in [6.45, 7) is 6.50. The van der Waals surface area contributed by atoms with Crippen LogP contribution in [0.25, 0.3) is 11.5 Å². The lowest BCUT2D eigenvalue weighted by Gasteiger charge is -2.18. The lowest BCUT2D eigenvalue weighted by Crippen LogP contribution is -2.25. The number of nitrogens with zero attached hydrogens (tertiary/aromatic N) is 3. The number of benzene rings is 1. The summed E-state index contributed by atoms with van der Waals surface area (Å²) in [6, 6.07) is 7.92. The standard InChI is InChI=1S/C15H21N3O3S/c1-15(2,3)12-8-6-11(7-9-12)14-17-16-13(21-14)10-18(4)22(5,19)20/h6-9H,10H2,1-5H3. The Bertz CT molecular complexity index is 743. The maximum Gasteiger partial charge on any atom is 0.247 e. The average molecular weight is 323 g/mol. The minimum Gasteiger partial charge on any atom is -0.419 e. The van der Waals surface area contributed by atoms with E-state index in [0.717, 1.165) is 16.1 Å². The van der Waals surface area contributed by atoms with Crippen LogP contribution in [0.1, 0.15) is 32.2 Å². The lowest BCUT2D eigenvalue weighted by atomic mass is 9.87. The van der Waals surface area contributed by atoms with Gasteiger partial charge in [-0.15, -0.1) is 10.2 Å². The van der Waals surface area contributed by atoms with Gasteiger partial charge in [0.15, 0.2) is 0 Å². The van der Waals surface area contributed by atoms with Crippen molar-refractivity contribution in [1.82, 2.24) is 14.5 Å². The van der Waals surface area contributed by atoms with Crippen LogP contribution in [-0.2, 0) is 22.0 Å². The first-order valence-corrected chi connectivity index (χ1v) is 8.77. The van der Waals surface area contributed by atoms with E-state index in [1.807, 2.05) is 24.3 Å². The van der Waals surface area contributed by atoms with E-state index in [0.29, 0.717) is 5.89 Å². The zero-order chi connectivity index (χ0) is 16.5. The van der Waals surface area contributed by atoms with Gasteiger partial charge >= 0.3 is 0 Å². The molecule has 0 radical (unpaired) electrons. The van der Waals surface area contributed by atoms with E-state index < -0.39 is 10.0 Å². The second-order valence-electron chi connectivity index (χ2n) is 6.35. The van der Waals surface area contributed by atoms with Crippen LogP contribution in [0.5, 0.6) is 0 Å². The molecule has 7 heteroatoms. The third kappa shape index (κ3) is 3.92. The van der Waals surface area contributed by atoms with Crippen molar-refractivity contribution in [2.75, 3.05) is 13.3 Å². The van der Waals surface area contributed by atoms with Crippen LogP contribution in [0, 0.1) is 0 Å². The predicted molar refractivity (Wildman–Crippen MR) is 84.7 cm³/mol. The van der Waals surface area contributed by atoms with Gasteiger partial charge in [-0.1, -0.05) is 32.9 Å². The Kier molecular flexibility index (Phi) is 4.39. The molecule has 2 aromatic rings. The quantitative estimate of drug-likeness (QED) is 0.863. The summed E-state index contributed by atoms with van der Waals surface area (Å²) in [6.07, 6.45) is 1.13. The van der Waals surface area contributed by atoms with E-state index in [1.54, 1.807) is 0 Å². The maximum atomic E-state index is 11.4. The number of hydrogen-bond acceptors (Lipinski definition) is 5. The number of aromatic nitrogens is 2. The highest BCUT2D eigenvalue weighted by atomic mass is 32.2. The average Bonchev–Trinajstić information content (AvgIpc) is 2.85. The number of hydrogen-bond donors (Lipinski definition) is 0. The van der Waals surface area contributed by atoms with Gasteiger partial charge in [-0.3, -0.25) is 0 Å². The first-order chi connectivity index (χ1) is 10.1. The molecular weight excluding hydrogens is 302 g/mol. The Morgan fingerprint density at radius 1 is 1.14 bits per heavy atom. The first-order valence-electron chi connectivity index (χ1n) is 6.92. The Hall–Kier alpha value is -1.73. The fourth-order valence-electron chi connectivity index (χ4n) is 1.85. The summed E-state index contributed by atoms with van der Waals surface area (Å²) in [5.41, 5.74) is 2.11. The smallest absolute Gasteiger partial charge is 0.247 e. The predicted octanol–water partition coefficient (Wildman–Crippen LogP) is 2.43. The van der Waals surface area contributed by atoms with Crippen LogP contribution in [0.3, 0.4) is 0 Å². The molecule has 0 atom stereocenters. The lowest BCUT2D eigenvalue weighted by molar-refractivity contribution is 0.402. The van der Waals surface area contributed by atoms with Gasteiger partial charge in [0, 0.05) is 12.6 Å². The molecule has 0 bridgehead atoms. The Morgan fingerprint density at radius 2 is 1.73 bits per heavy atom.